The van der Waals surface area contributed by atoms with Gasteiger partial charge in [-0.2, -0.15) is 0 Å². The molecule has 0 saturated heterocycles. The third kappa shape index (κ3) is 3.80. The lowest BCUT2D eigenvalue weighted by atomic mass is 10.0. The molecule has 1 fully saturated rings. The Morgan fingerprint density at radius 1 is 1.32 bits per heavy atom. The summed E-state index contributed by atoms with van der Waals surface area (Å²) < 4.78 is 0. The molecule has 0 atom stereocenters. The third-order valence-electron chi connectivity index (χ3n) is 3.84. The van der Waals surface area contributed by atoms with Crippen molar-refractivity contribution >= 4 is 5.91 Å². The molecule has 1 saturated carbocycles. The van der Waals surface area contributed by atoms with Crippen molar-refractivity contribution in [1.29, 1.82) is 0 Å². The van der Waals surface area contributed by atoms with E-state index in [1.54, 1.807) is 0 Å². The van der Waals surface area contributed by atoms with Gasteiger partial charge in [0.15, 0.2) is 0 Å². The molecule has 2 rings (SSSR count). The van der Waals surface area contributed by atoms with Crippen LogP contribution in [0, 0.1) is 13.8 Å². The van der Waals surface area contributed by atoms with Gasteiger partial charge in [0, 0.05) is 12.6 Å². The van der Waals surface area contributed by atoms with Gasteiger partial charge in [-0.25, -0.2) is 0 Å². The molecule has 0 heterocycles. The molecule has 1 aromatic carbocycles. The van der Waals surface area contributed by atoms with E-state index in [9.17, 15) is 4.79 Å². The van der Waals surface area contributed by atoms with Crippen molar-refractivity contribution in [2.75, 3.05) is 13.1 Å². The Hall–Kier alpha value is -1.35. The smallest absolute Gasteiger partial charge is 0.227 e. The summed E-state index contributed by atoms with van der Waals surface area (Å²) in [6.07, 6.45) is 3.73. The van der Waals surface area contributed by atoms with Gasteiger partial charge in [0.05, 0.1) is 6.42 Å². The maximum absolute atomic E-state index is 12.4. The molecule has 0 radical (unpaired) electrons. The van der Waals surface area contributed by atoms with E-state index in [1.807, 2.05) is 4.90 Å². The molecule has 0 spiro atoms. The first kappa shape index (κ1) is 14.1. The highest BCUT2D eigenvalue weighted by Gasteiger charge is 2.31. The molecular formula is C16H24N2O. The number of carbonyl (C=O) groups is 1. The van der Waals surface area contributed by atoms with E-state index in [0.29, 0.717) is 19.0 Å². The summed E-state index contributed by atoms with van der Waals surface area (Å²) in [5, 5.41) is 0. The fourth-order valence-corrected chi connectivity index (χ4v) is 2.35. The number of aryl methyl sites for hydroxylation is 2. The Balaban J connectivity index is 1.99. The molecule has 0 aliphatic heterocycles. The largest absolute Gasteiger partial charge is 0.339 e. The van der Waals surface area contributed by atoms with Crippen LogP contribution in [0.25, 0.3) is 0 Å². The highest BCUT2D eigenvalue weighted by atomic mass is 16.2. The van der Waals surface area contributed by atoms with Gasteiger partial charge in [0.1, 0.15) is 0 Å². The second-order valence-electron chi connectivity index (χ2n) is 5.56. The summed E-state index contributed by atoms with van der Waals surface area (Å²) in [7, 11) is 0. The van der Waals surface area contributed by atoms with Gasteiger partial charge in [-0.1, -0.05) is 18.2 Å². The van der Waals surface area contributed by atoms with E-state index in [0.717, 1.165) is 31.4 Å². The monoisotopic (exact) mass is 260 g/mol. The zero-order chi connectivity index (χ0) is 13.8. The molecule has 1 aromatic rings. The van der Waals surface area contributed by atoms with Crippen LogP contribution in [-0.4, -0.2) is 29.9 Å². The third-order valence-corrected chi connectivity index (χ3v) is 3.84. The zero-order valence-electron chi connectivity index (χ0n) is 12.0. The lowest BCUT2D eigenvalue weighted by Crippen LogP contribution is -2.36. The van der Waals surface area contributed by atoms with Crippen LogP contribution in [0.5, 0.6) is 0 Å². The lowest BCUT2D eigenvalue weighted by molar-refractivity contribution is -0.131. The summed E-state index contributed by atoms with van der Waals surface area (Å²) in [5.41, 5.74) is 9.20. The van der Waals surface area contributed by atoms with E-state index in [4.69, 9.17) is 5.73 Å². The maximum atomic E-state index is 12.4. The van der Waals surface area contributed by atoms with Crippen molar-refractivity contribution in [1.82, 2.24) is 4.90 Å². The minimum absolute atomic E-state index is 0.249. The molecule has 0 unspecified atom stereocenters. The fraction of sp³-hybridized carbons (Fsp3) is 0.562. The summed E-state index contributed by atoms with van der Waals surface area (Å²) in [4.78, 5) is 14.4. The van der Waals surface area contributed by atoms with Crippen molar-refractivity contribution in [2.45, 2.75) is 45.6 Å². The Labute approximate surface area is 115 Å². The van der Waals surface area contributed by atoms with Gasteiger partial charge in [-0.05, 0) is 56.3 Å². The van der Waals surface area contributed by atoms with Crippen LogP contribution in [0.4, 0.5) is 0 Å². The first-order valence-electron chi connectivity index (χ1n) is 7.17. The Bertz CT molecular complexity index is 452. The van der Waals surface area contributed by atoms with Gasteiger partial charge >= 0.3 is 0 Å². The Kier molecular flexibility index (Phi) is 4.59. The normalized spacial score (nSPS) is 14.5. The van der Waals surface area contributed by atoms with Crippen molar-refractivity contribution in [3.63, 3.8) is 0 Å². The van der Waals surface area contributed by atoms with Crippen molar-refractivity contribution < 1.29 is 4.79 Å². The van der Waals surface area contributed by atoms with Gasteiger partial charge < -0.3 is 10.6 Å². The zero-order valence-corrected chi connectivity index (χ0v) is 12.0. The second kappa shape index (κ2) is 6.20. The number of carbonyl (C=O) groups excluding carboxylic acids is 1. The van der Waals surface area contributed by atoms with Crippen LogP contribution < -0.4 is 5.73 Å². The number of hydrogen-bond acceptors (Lipinski definition) is 2. The van der Waals surface area contributed by atoms with E-state index in [2.05, 4.69) is 32.0 Å². The molecule has 3 nitrogen and oxygen atoms in total. The van der Waals surface area contributed by atoms with Crippen LogP contribution in [0.15, 0.2) is 18.2 Å². The van der Waals surface area contributed by atoms with Gasteiger partial charge in [-0.15, -0.1) is 0 Å². The van der Waals surface area contributed by atoms with Gasteiger partial charge in [0.25, 0.3) is 0 Å². The quantitative estimate of drug-likeness (QED) is 0.852. The number of hydrogen-bond donors (Lipinski definition) is 1. The molecule has 1 aliphatic carbocycles. The van der Waals surface area contributed by atoms with Crippen LogP contribution in [-0.2, 0) is 11.2 Å². The predicted octanol–water partition coefficient (Wildman–Crippen LogP) is 2.19. The Morgan fingerprint density at radius 2 is 2.05 bits per heavy atom. The number of nitrogens with two attached hydrogens (primary N) is 1. The molecule has 19 heavy (non-hydrogen) atoms. The number of amides is 1. The van der Waals surface area contributed by atoms with E-state index in [1.165, 1.54) is 11.1 Å². The molecule has 104 valence electrons. The minimum Gasteiger partial charge on any atom is -0.339 e. The Morgan fingerprint density at radius 3 is 2.63 bits per heavy atom. The van der Waals surface area contributed by atoms with Crippen LogP contribution in [0.2, 0.25) is 0 Å². The van der Waals surface area contributed by atoms with Crippen molar-refractivity contribution in [3.05, 3.63) is 34.9 Å². The maximum Gasteiger partial charge on any atom is 0.227 e. The van der Waals surface area contributed by atoms with Crippen LogP contribution in [0.1, 0.15) is 36.0 Å². The fourth-order valence-electron chi connectivity index (χ4n) is 2.35. The van der Waals surface area contributed by atoms with Gasteiger partial charge in [-0.3, -0.25) is 4.79 Å². The summed E-state index contributed by atoms with van der Waals surface area (Å²) in [5.74, 6) is 0.249. The highest BCUT2D eigenvalue weighted by molar-refractivity contribution is 5.79. The lowest BCUT2D eigenvalue weighted by Gasteiger charge is -2.22. The SMILES string of the molecule is Cc1ccc(CC(=O)N(CCCN)C2CC2)cc1C. The van der Waals surface area contributed by atoms with E-state index in [-0.39, 0.29) is 5.91 Å². The summed E-state index contributed by atoms with van der Waals surface area (Å²) in [6.45, 7) is 5.65. The molecule has 0 bridgehead atoms. The summed E-state index contributed by atoms with van der Waals surface area (Å²) >= 11 is 0. The van der Waals surface area contributed by atoms with Crippen LogP contribution >= 0.6 is 0 Å². The first-order chi connectivity index (χ1) is 9.11. The number of benzene rings is 1. The topological polar surface area (TPSA) is 46.3 Å². The van der Waals surface area contributed by atoms with Crippen molar-refractivity contribution in [2.24, 2.45) is 5.73 Å². The average molecular weight is 260 g/mol. The summed E-state index contributed by atoms with van der Waals surface area (Å²) in [6, 6.07) is 6.76. The molecule has 0 aromatic heterocycles. The van der Waals surface area contributed by atoms with Crippen LogP contribution in [0.3, 0.4) is 0 Å². The number of nitrogens with zero attached hydrogens (tertiary/aromatic N) is 1. The average Bonchev–Trinajstić information content (AvgIpc) is 3.19. The molecule has 2 N–H and O–H groups in total. The molecule has 3 heteroatoms. The predicted molar refractivity (Wildman–Crippen MR) is 78.0 cm³/mol. The van der Waals surface area contributed by atoms with E-state index >= 15 is 0 Å². The molecule has 1 aliphatic rings. The second-order valence-corrected chi connectivity index (χ2v) is 5.56. The standard InChI is InChI=1S/C16H24N2O/c1-12-4-5-14(10-13(12)2)11-16(19)18(9-3-8-17)15-6-7-15/h4-5,10,15H,3,6-9,11,17H2,1-2H3. The molecule has 1 amide bonds. The van der Waals surface area contributed by atoms with E-state index < -0.39 is 0 Å². The number of rotatable bonds is 6. The van der Waals surface area contributed by atoms with Gasteiger partial charge in [0.2, 0.25) is 5.91 Å². The highest BCUT2D eigenvalue weighted by Crippen LogP contribution is 2.27. The minimum atomic E-state index is 0.249. The first-order valence-corrected chi connectivity index (χ1v) is 7.17. The molecular weight excluding hydrogens is 236 g/mol. The van der Waals surface area contributed by atoms with Crippen molar-refractivity contribution in [3.8, 4) is 0 Å².